The number of aromatic nitrogens is 1. The number of hydrogen-bond acceptors (Lipinski definition) is 7. The number of aryl methyl sites for hydroxylation is 1. The fraction of sp³-hybridized carbons (Fsp3) is 0.472. The second kappa shape index (κ2) is 11.8. The quantitative estimate of drug-likeness (QED) is 0.356. The van der Waals surface area contributed by atoms with Gasteiger partial charge < -0.3 is 24.3 Å². The summed E-state index contributed by atoms with van der Waals surface area (Å²) in [5, 5.41) is 13.1. The van der Waals surface area contributed by atoms with Gasteiger partial charge in [0, 0.05) is 48.9 Å². The Bertz CT molecular complexity index is 1640. The number of carbonyl (C=O) groups is 1. The van der Waals surface area contributed by atoms with Crippen molar-refractivity contribution < 1.29 is 9.53 Å². The van der Waals surface area contributed by atoms with Gasteiger partial charge in [0.2, 0.25) is 11.8 Å². The number of likely N-dealkylation sites (N-methyl/N-ethyl adjacent to an activating group) is 1. The summed E-state index contributed by atoms with van der Waals surface area (Å²) in [4.78, 5) is 27.0. The maximum absolute atomic E-state index is 12.8. The molecule has 2 saturated heterocycles. The molecule has 228 valence electrons. The monoisotopic (exact) mass is 590 g/mol. The molecule has 2 atom stereocenters. The van der Waals surface area contributed by atoms with Crippen LogP contribution in [0, 0.1) is 24.2 Å². The molecule has 1 aliphatic carbocycles. The molecule has 3 aromatic rings. The van der Waals surface area contributed by atoms with E-state index in [-0.39, 0.29) is 11.9 Å². The van der Waals surface area contributed by atoms with Crippen LogP contribution in [0.3, 0.4) is 0 Å². The van der Waals surface area contributed by atoms with Crippen LogP contribution in [0.25, 0.3) is 10.8 Å². The number of piperazine rings is 1. The number of anilines is 2. The van der Waals surface area contributed by atoms with E-state index >= 15 is 0 Å². The number of ether oxygens (including phenoxy) is 1. The molecule has 2 unspecified atom stereocenters. The minimum atomic E-state index is 0.00421. The van der Waals surface area contributed by atoms with Crippen molar-refractivity contribution in [2.45, 2.75) is 57.7 Å². The Morgan fingerprint density at radius 2 is 1.93 bits per heavy atom. The molecule has 7 rings (SSSR count). The third-order valence-corrected chi connectivity index (χ3v) is 10.3. The number of fused-ring (bicyclic) bond motifs is 2. The number of amides is 1. The van der Waals surface area contributed by atoms with Crippen LogP contribution in [0.1, 0.15) is 48.1 Å². The van der Waals surface area contributed by atoms with E-state index in [1.54, 1.807) is 0 Å². The molecule has 3 fully saturated rings. The SMILES string of the molecule is C=CC(=O)N1CCN(c2c(C#N)c(OCC3CCCN3C)nc3c2CCN(c2cccc4cccc(C)c24)C3)CC1C1CC1. The molecular weight excluding hydrogens is 548 g/mol. The number of rotatable bonds is 7. The van der Waals surface area contributed by atoms with Gasteiger partial charge in [0.15, 0.2) is 0 Å². The Balaban J connectivity index is 1.28. The molecule has 8 heteroatoms. The van der Waals surface area contributed by atoms with Crippen molar-refractivity contribution in [1.82, 2.24) is 14.8 Å². The molecule has 4 heterocycles. The zero-order chi connectivity index (χ0) is 30.4. The van der Waals surface area contributed by atoms with Gasteiger partial charge in [0.05, 0.1) is 24.0 Å². The standard InChI is InChI=1S/C36H42N6O2/c1-4-33(43)42-19-18-41(22-32(42)25-13-14-25)35-28-15-17-40(31-12-6-10-26-9-5-8-24(2)34(26)31)21-30(28)38-36(29(35)20-37)44-23-27-11-7-16-39(27)3/h4-6,8-10,12,25,27,32H,1,7,11,13-19,21-23H2,2-3H3. The summed E-state index contributed by atoms with van der Waals surface area (Å²) in [5.41, 5.74) is 6.13. The summed E-state index contributed by atoms with van der Waals surface area (Å²) in [5.74, 6) is 0.957. The van der Waals surface area contributed by atoms with E-state index in [1.165, 1.54) is 28.1 Å². The third-order valence-electron chi connectivity index (χ3n) is 10.3. The molecule has 44 heavy (non-hydrogen) atoms. The Hall–Kier alpha value is -4.09. The van der Waals surface area contributed by atoms with Crippen LogP contribution < -0.4 is 14.5 Å². The molecule has 0 spiro atoms. The summed E-state index contributed by atoms with van der Waals surface area (Å²) in [7, 11) is 2.14. The number of nitriles is 1. The van der Waals surface area contributed by atoms with Gasteiger partial charge in [-0.05, 0) is 81.6 Å². The minimum absolute atomic E-state index is 0.00421. The van der Waals surface area contributed by atoms with Crippen molar-refractivity contribution in [3.8, 4) is 11.9 Å². The third kappa shape index (κ3) is 5.17. The minimum Gasteiger partial charge on any atom is -0.475 e. The van der Waals surface area contributed by atoms with Crippen LogP contribution in [0.4, 0.5) is 11.4 Å². The van der Waals surface area contributed by atoms with Crippen molar-refractivity contribution in [3.05, 3.63) is 71.4 Å². The Labute approximate surface area is 260 Å². The van der Waals surface area contributed by atoms with E-state index in [4.69, 9.17) is 9.72 Å². The maximum Gasteiger partial charge on any atom is 0.246 e. The van der Waals surface area contributed by atoms with Crippen molar-refractivity contribution in [2.75, 3.05) is 56.2 Å². The van der Waals surface area contributed by atoms with E-state index in [0.29, 0.717) is 56.2 Å². The fourth-order valence-electron chi connectivity index (χ4n) is 7.72. The first-order valence-corrected chi connectivity index (χ1v) is 16.2. The summed E-state index contributed by atoms with van der Waals surface area (Å²) in [6.45, 7) is 11.0. The Morgan fingerprint density at radius 3 is 2.66 bits per heavy atom. The second-order valence-corrected chi connectivity index (χ2v) is 13.0. The summed E-state index contributed by atoms with van der Waals surface area (Å²) < 4.78 is 6.48. The van der Waals surface area contributed by atoms with E-state index in [1.807, 2.05) is 4.90 Å². The van der Waals surface area contributed by atoms with Gasteiger partial charge in [-0.3, -0.25) is 4.79 Å². The summed E-state index contributed by atoms with van der Waals surface area (Å²) in [6.07, 6.45) is 6.76. The lowest BCUT2D eigenvalue weighted by Crippen LogP contribution is -2.56. The fourth-order valence-corrected chi connectivity index (χ4v) is 7.72. The number of carbonyl (C=O) groups excluding carboxylic acids is 1. The zero-order valence-electron chi connectivity index (χ0n) is 26.0. The van der Waals surface area contributed by atoms with Crippen molar-refractivity contribution in [1.29, 1.82) is 5.26 Å². The lowest BCUT2D eigenvalue weighted by molar-refractivity contribution is -0.129. The lowest BCUT2D eigenvalue weighted by Gasteiger charge is -2.44. The largest absolute Gasteiger partial charge is 0.475 e. The maximum atomic E-state index is 12.8. The van der Waals surface area contributed by atoms with Crippen LogP contribution in [-0.4, -0.2) is 79.2 Å². The van der Waals surface area contributed by atoms with Crippen LogP contribution in [0.15, 0.2) is 49.1 Å². The average molecular weight is 591 g/mol. The number of benzene rings is 2. The van der Waals surface area contributed by atoms with Gasteiger partial charge >= 0.3 is 0 Å². The van der Waals surface area contributed by atoms with Crippen LogP contribution in [0.2, 0.25) is 0 Å². The van der Waals surface area contributed by atoms with Crippen molar-refractivity contribution >= 4 is 28.1 Å². The first kappa shape index (κ1) is 28.7. The highest BCUT2D eigenvalue weighted by Crippen LogP contribution is 2.42. The molecule has 0 bridgehead atoms. The van der Waals surface area contributed by atoms with Crippen LogP contribution in [0.5, 0.6) is 5.88 Å². The molecule has 1 saturated carbocycles. The van der Waals surface area contributed by atoms with E-state index < -0.39 is 0 Å². The first-order chi connectivity index (χ1) is 21.5. The van der Waals surface area contributed by atoms with E-state index in [2.05, 4.69) is 77.7 Å². The highest BCUT2D eigenvalue weighted by Gasteiger charge is 2.42. The Morgan fingerprint density at radius 1 is 1.11 bits per heavy atom. The van der Waals surface area contributed by atoms with Crippen molar-refractivity contribution in [2.24, 2.45) is 5.92 Å². The lowest BCUT2D eigenvalue weighted by atomic mass is 9.95. The predicted octanol–water partition coefficient (Wildman–Crippen LogP) is 5.06. The topological polar surface area (TPSA) is 75.9 Å². The number of pyridine rings is 1. The van der Waals surface area contributed by atoms with Gasteiger partial charge in [0.1, 0.15) is 18.2 Å². The molecule has 3 aliphatic heterocycles. The Kier molecular flexibility index (Phi) is 7.67. The number of nitrogens with zero attached hydrogens (tertiary/aromatic N) is 6. The van der Waals surface area contributed by atoms with Crippen LogP contribution >= 0.6 is 0 Å². The zero-order valence-corrected chi connectivity index (χ0v) is 26.0. The summed E-state index contributed by atoms with van der Waals surface area (Å²) >= 11 is 0. The van der Waals surface area contributed by atoms with Gasteiger partial charge in [-0.1, -0.05) is 36.9 Å². The normalized spacial score (nSPS) is 22.2. The number of likely N-dealkylation sites (tertiary alicyclic amines) is 1. The molecule has 8 nitrogen and oxygen atoms in total. The van der Waals surface area contributed by atoms with Crippen molar-refractivity contribution in [3.63, 3.8) is 0 Å². The second-order valence-electron chi connectivity index (χ2n) is 13.0. The molecular formula is C36H42N6O2. The van der Waals surface area contributed by atoms with Gasteiger partial charge in [-0.2, -0.15) is 5.26 Å². The highest BCUT2D eigenvalue weighted by molar-refractivity contribution is 5.97. The molecule has 0 radical (unpaired) electrons. The summed E-state index contributed by atoms with van der Waals surface area (Å²) in [6, 6.07) is 16.0. The molecule has 4 aliphatic rings. The average Bonchev–Trinajstić information content (AvgIpc) is 3.82. The smallest absolute Gasteiger partial charge is 0.246 e. The molecule has 0 N–H and O–H groups in total. The van der Waals surface area contributed by atoms with Gasteiger partial charge in [0.25, 0.3) is 0 Å². The van der Waals surface area contributed by atoms with Crippen LogP contribution in [-0.2, 0) is 17.8 Å². The molecule has 1 amide bonds. The first-order valence-electron chi connectivity index (χ1n) is 16.2. The van der Waals surface area contributed by atoms with Gasteiger partial charge in [-0.25, -0.2) is 4.98 Å². The predicted molar refractivity (Wildman–Crippen MR) is 174 cm³/mol. The van der Waals surface area contributed by atoms with E-state index in [0.717, 1.165) is 62.1 Å². The highest BCUT2D eigenvalue weighted by atomic mass is 16.5. The molecule has 1 aromatic heterocycles. The molecule has 2 aromatic carbocycles. The van der Waals surface area contributed by atoms with E-state index in [9.17, 15) is 10.1 Å². The number of hydrogen-bond donors (Lipinski definition) is 0. The van der Waals surface area contributed by atoms with Gasteiger partial charge in [-0.15, -0.1) is 0 Å².